The molecule has 1 fully saturated rings. The summed E-state index contributed by atoms with van der Waals surface area (Å²) in [5.74, 6) is 5.19. The Hall–Kier alpha value is -2.00. The molecular formula is C10H15N5O4. The van der Waals surface area contributed by atoms with Gasteiger partial charge in [0.1, 0.15) is 12.3 Å². The van der Waals surface area contributed by atoms with E-state index in [-0.39, 0.29) is 35.9 Å². The standard InChI is InChI=1S/C10H15N5O4/c1-6-8(15(16)17)9(13-10(12-6)14-11)19-5-7-3-2-4-18-7/h7H,2-5,11H2,1H3,(H,12,13,14). The van der Waals surface area contributed by atoms with Crippen molar-refractivity contribution in [2.45, 2.75) is 25.9 Å². The van der Waals surface area contributed by atoms with Gasteiger partial charge in [-0.25, -0.2) is 10.8 Å². The monoisotopic (exact) mass is 269 g/mol. The van der Waals surface area contributed by atoms with Crippen LogP contribution in [0.4, 0.5) is 11.6 Å². The zero-order valence-electron chi connectivity index (χ0n) is 10.5. The Balaban J connectivity index is 2.20. The molecule has 19 heavy (non-hydrogen) atoms. The number of hydrogen-bond donors (Lipinski definition) is 2. The molecule has 1 aliphatic heterocycles. The molecule has 9 heteroatoms. The van der Waals surface area contributed by atoms with Gasteiger partial charge in [0, 0.05) is 6.61 Å². The molecule has 2 heterocycles. The highest BCUT2D eigenvalue weighted by molar-refractivity contribution is 5.48. The molecule has 9 nitrogen and oxygen atoms in total. The van der Waals surface area contributed by atoms with Gasteiger partial charge in [0.2, 0.25) is 5.95 Å². The molecule has 1 unspecified atom stereocenters. The Bertz CT molecular complexity index is 475. The van der Waals surface area contributed by atoms with Crippen molar-refractivity contribution < 1.29 is 14.4 Å². The normalized spacial score (nSPS) is 18.3. The third-order valence-corrected chi connectivity index (χ3v) is 2.77. The van der Waals surface area contributed by atoms with E-state index >= 15 is 0 Å². The molecule has 0 aliphatic carbocycles. The van der Waals surface area contributed by atoms with Crippen molar-refractivity contribution in [2.75, 3.05) is 18.6 Å². The van der Waals surface area contributed by atoms with Crippen LogP contribution in [0, 0.1) is 17.0 Å². The number of aromatic nitrogens is 2. The molecule has 1 atom stereocenters. The topological polar surface area (TPSA) is 125 Å². The summed E-state index contributed by atoms with van der Waals surface area (Å²) in [7, 11) is 0. The fourth-order valence-electron chi connectivity index (χ4n) is 1.86. The molecule has 0 radical (unpaired) electrons. The predicted molar refractivity (Wildman–Crippen MR) is 65.7 cm³/mol. The van der Waals surface area contributed by atoms with Crippen molar-refractivity contribution >= 4 is 11.6 Å². The lowest BCUT2D eigenvalue weighted by Crippen LogP contribution is -2.19. The number of nitrogens with one attached hydrogen (secondary N) is 1. The van der Waals surface area contributed by atoms with Crippen molar-refractivity contribution in [3.05, 3.63) is 15.8 Å². The maximum atomic E-state index is 11.0. The fourth-order valence-corrected chi connectivity index (χ4v) is 1.86. The number of nitro groups is 1. The lowest BCUT2D eigenvalue weighted by molar-refractivity contribution is -0.387. The lowest BCUT2D eigenvalue weighted by atomic mass is 10.2. The fraction of sp³-hybridized carbons (Fsp3) is 0.600. The van der Waals surface area contributed by atoms with Gasteiger partial charge in [0.15, 0.2) is 0 Å². The number of nitrogens with two attached hydrogens (primary N) is 1. The molecule has 1 aliphatic rings. The van der Waals surface area contributed by atoms with E-state index in [4.69, 9.17) is 15.3 Å². The van der Waals surface area contributed by atoms with Crippen LogP contribution < -0.4 is 16.0 Å². The summed E-state index contributed by atoms with van der Waals surface area (Å²) in [4.78, 5) is 18.2. The van der Waals surface area contributed by atoms with Crippen LogP contribution in [-0.4, -0.2) is 34.2 Å². The van der Waals surface area contributed by atoms with E-state index in [1.54, 1.807) is 0 Å². The van der Waals surface area contributed by atoms with E-state index < -0.39 is 4.92 Å². The van der Waals surface area contributed by atoms with E-state index in [0.717, 1.165) is 12.8 Å². The first-order chi connectivity index (χ1) is 9.11. The number of hydrazine groups is 1. The van der Waals surface area contributed by atoms with Crippen LogP contribution in [-0.2, 0) is 4.74 Å². The van der Waals surface area contributed by atoms with Crippen LogP contribution in [0.3, 0.4) is 0 Å². The second-order valence-electron chi connectivity index (χ2n) is 4.13. The number of nitrogen functional groups attached to an aromatic ring is 1. The van der Waals surface area contributed by atoms with Crippen LogP contribution >= 0.6 is 0 Å². The predicted octanol–water partition coefficient (Wildman–Crippen LogP) is 0.537. The number of aryl methyl sites for hydroxylation is 1. The molecule has 3 N–H and O–H groups in total. The highest BCUT2D eigenvalue weighted by Crippen LogP contribution is 2.29. The molecule has 1 saturated heterocycles. The first kappa shape index (κ1) is 13.4. The summed E-state index contributed by atoms with van der Waals surface area (Å²) in [5, 5.41) is 11.0. The number of ether oxygens (including phenoxy) is 2. The molecule has 0 bridgehead atoms. The summed E-state index contributed by atoms with van der Waals surface area (Å²) in [5.41, 5.74) is 2.18. The second kappa shape index (κ2) is 5.76. The molecule has 1 aromatic rings. The van der Waals surface area contributed by atoms with Gasteiger partial charge in [0.05, 0.1) is 11.0 Å². The Morgan fingerprint density at radius 1 is 1.63 bits per heavy atom. The van der Waals surface area contributed by atoms with Crippen LogP contribution in [0.2, 0.25) is 0 Å². The average Bonchev–Trinajstić information content (AvgIpc) is 2.88. The van der Waals surface area contributed by atoms with Crippen LogP contribution in [0.25, 0.3) is 0 Å². The minimum absolute atomic E-state index is 0.0517. The summed E-state index contributed by atoms with van der Waals surface area (Å²) in [6.45, 7) is 2.41. The van der Waals surface area contributed by atoms with Gasteiger partial charge in [0.25, 0.3) is 5.88 Å². The van der Waals surface area contributed by atoms with Crippen LogP contribution in [0.15, 0.2) is 0 Å². The van der Waals surface area contributed by atoms with E-state index in [9.17, 15) is 10.1 Å². The van der Waals surface area contributed by atoms with Crippen molar-refractivity contribution in [1.82, 2.24) is 9.97 Å². The maximum absolute atomic E-state index is 11.0. The number of rotatable bonds is 5. The number of nitrogens with zero attached hydrogens (tertiary/aromatic N) is 3. The first-order valence-electron chi connectivity index (χ1n) is 5.86. The molecule has 0 aromatic carbocycles. The summed E-state index contributed by atoms with van der Waals surface area (Å²) in [6, 6.07) is 0. The van der Waals surface area contributed by atoms with Gasteiger partial charge in [-0.05, 0) is 19.8 Å². The smallest absolute Gasteiger partial charge is 0.352 e. The van der Waals surface area contributed by atoms with E-state index in [1.807, 2.05) is 0 Å². The summed E-state index contributed by atoms with van der Waals surface area (Å²) < 4.78 is 10.8. The van der Waals surface area contributed by atoms with E-state index in [2.05, 4.69) is 15.4 Å². The van der Waals surface area contributed by atoms with Crippen molar-refractivity contribution in [3.63, 3.8) is 0 Å². The van der Waals surface area contributed by atoms with Gasteiger partial charge in [-0.15, -0.1) is 0 Å². The summed E-state index contributed by atoms with van der Waals surface area (Å²) >= 11 is 0. The Morgan fingerprint density at radius 2 is 2.42 bits per heavy atom. The third kappa shape index (κ3) is 3.06. The Morgan fingerprint density at radius 3 is 3.00 bits per heavy atom. The minimum Gasteiger partial charge on any atom is -0.470 e. The van der Waals surface area contributed by atoms with Crippen LogP contribution in [0.5, 0.6) is 5.88 Å². The van der Waals surface area contributed by atoms with Gasteiger partial charge < -0.3 is 9.47 Å². The van der Waals surface area contributed by atoms with Gasteiger partial charge >= 0.3 is 5.69 Å². The van der Waals surface area contributed by atoms with Crippen molar-refractivity contribution in [2.24, 2.45) is 5.84 Å². The minimum atomic E-state index is -0.569. The zero-order chi connectivity index (χ0) is 13.8. The summed E-state index contributed by atoms with van der Waals surface area (Å²) in [6.07, 6.45) is 1.79. The van der Waals surface area contributed by atoms with E-state index in [1.165, 1.54) is 6.92 Å². The molecule has 2 rings (SSSR count). The first-order valence-corrected chi connectivity index (χ1v) is 5.86. The van der Waals surface area contributed by atoms with Gasteiger partial charge in [-0.2, -0.15) is 4.98 Å². The van der Waals surface area contributed by atoms with Crippen molar-refractivity contribution in [1.29, 1.82) is 0 Å². The van der Waals surface area contributed by atoms with Crippen molar-refractivity contribution in [3.8, 4) is 5.88 Å². The van der Waals surface area contributed by atoms with E-state index in [0.29, 0.717) is 6.61 Å². The second-order valence-corrected chi connectivity index (χ2v) is 4.13. The largest absolute Gasteiger partial charge is 0.470 e. The Labute approximate surface area is 109 Å². The highest BCUT2D eigenvalue weighted by atomic mass is 16.6. The molecule has 104 valence electrons. The zero-order valence-corrected chi connectivity index (χ0v) is 10.5. The lowest BCUT2D eigenvalue weighted by Gasteiger charge is -2.12. The molecule has 0 amide bonds. The maximum Gasteiger partial charge on any atom is 0.352 e. The average molecular weight is 269 g/mol. The quantitative estimate of drug-likeness (QED) is 0.450. The number of hydrogen-bond acceptors (Lipinski definition) is 8. The third-order valence-electron chi connectivity index (χ3n) is 2.77. The number of anilines is 1. The van der Waals surface area contributed by atoms with Gasteiger partial charge in [-0.1, -0.05) is 0 Å². The molecular weight excluding hydrogens is 254 g/mol. The van der Waals surface area contributed by atoms with Gasteiger partial charge in [-0.3, -0.25) is 15.5 Å². The van der Waals surface area contributed by atoms with Crippen LogP contribution in [0.1, 0.15) is 18.5 Å². The molecule has 0 saturated carbocycles. The molecule has 1 aromatic heterocycles. The Kier molecular flexibility index (Phi) is 4.07. The highest BCUT2D eigenvalue weighted by Gasteiger charge is 2.25. The SMILES string of the molecule is Cc1nc(NN)nc(OCC2CCCO2)c1[N+](=O)[O-]. The molecule has 0 spiro atoms.